The molecule has 1 fully saturated rings. The monoisotopic (exact) mass is 385 g/mol. The van der Waals surface area contributed by atoms with Crippen molar-refractivity contribution in [3.05, 3.63) is 40.2 Å². The highest BCUT2D eigenvalue weighted by atomic mass is 32.2. The van der Waals surface area contributed by atoms with Crippen LogP contribution in [0.5, 0.6) is 0 Å². The van der Waals surface area contributed by atoms with E-state index in [1.165, 1.54) is 30.4 Å². The second kappa shape index (κ2) is 8.69. The number of nitrogens with zero attached hydrogens (tertiary/aromatic N) is 4. The number of aliphatic carboxylic acids is 1. The number of carboxylic acids is 1. The first-order valence-corrected chi connectivity index (χ1v) is 10.3. The van der Waals surface area contributed by atoms with E-state index in [0.29, 0.717) is 11.1 Å². The smallest absolute Gasteiger partial charge is 0.212 e. The molecule has 1 aromatic carbocycles. The fourth-order valence-electron chi connectivity index (χ4n) is 3.46. The third-order valence-corrected chi connectivity index (χ3v) is 6.01. The lowest BCUT2D eigenvalue weighted by atomic mass is 9.89. The molecule has 1 saturated carbocycles. The average Bonchev–Trinajstić information content (AvgIpc) is 3.05. The summed E-state index contributed by atoms with van der Waals surface area (Å²) in [4.78, 5) is 10.9. The molecule has 0 N–H and O–H groups in total. The molecule has 0 radical (unpaired) electrons. The van der Waals surface area contributed by atoms with Crippen LogP contribution in [0.1, 0.15) is 66.1 Å². The van der Waals surface area contributed by atoms with Crippen LogP contribution in [-0.2, 0) is 4.79 Å². The Balaban J connectivity index is 1.94. The highest BCUT2D eigenvalue weighted by molar-refractivity contribution is 7.99. The zero-order chi connectivity index (χ0) is 19.4. The van der Waals surface area contributed by atoms with Gasteiger partial charge in [0.05, 0.1) is 12.2 Å². The second-order valence-corrected chi connectivity index (χ2v) is 8.13. The lowest BCUT2D eigenvalue weighted by Gasteiger charge is -2.20. The van der Waals surface area contributed by atoms with Gasteiger partial charge in [-0.25, -0.2) is 0 Å². The van der Waals surface area contributed by atoms with Crippen LogP contribution in [0, 0.1) is 20.8 Å². The number of carbonyl (C=O) groups excluding carboxylic acids is 1. The van der Waals surface area contributed by atoms with Crippen molar-refractivity contribution in [3.63, 3.8) is 0 Å². The van der Waals surface area contributed by atoms with Gasteiger partial charge < -0.3 is 9.90 Å². The normalized spacial score (nSPS) is 15.5. The van der Waals surface area contributed by atoms with E-state index < -0.39 is 5.97 Å². The van der Waals surface area contributed by atoms with Gasteiger partial charge >= 0.3 is 0 Å². The Hall–Kier alpha value is -2.15. The van der Waals surface area contributed by atoms with Gasteiger partial charge in [0.15, 0.2) is 5.82 Å². The van der Waals surface area contributed by atoms with E-state index >= 15 is 0 Å². The van der Waals surface area contributed by atoms with Gasteiger partial charge in [0.1, 0.15) is 0 Å². The maximum absolute atomic E-state index is 10.9. The number of aromatic nitrogens is 3. The maximum atomic E-state index is 10.9. The predicted octanol–water partition coefficient (Wildman–Crippen LogP) is 2.98. The molecule has 0 aliphatic heterocycles. The molecule has 1 aromatic heterocycles. The number of benzene rings is 1. The Morgan fingerprint density at radius 3 is 2.59 bits per heavy atom. The van der Waals surface area contributed by atoms with Gasteiger partial charge in [0.2, 0.25) is 5.16 Å². The molecule has 3 rings (SSSR count). The summed E-state index contributed by atoms with van der Waals surface area (Å²) in [5, 5.41) is 24.6. The predicted molar refractivity (Wildman–Crippen MR) is 105 cm³/mol. The minimum Gasteiger partial charge on any atom is -0.549 e. The van der Waals surface area contributed by atoms with E-state index in [1.54, 1.807) is 4.68 Å². The molecule has 144 valence electrons. The van der Waals surface area contributed by atoms with Crippen molar-refractivity contribution >= 4 is 23.9 Å². The van der Waals surface area contributed by atoms with Gasteiger partial charge in [0.25, 0.3) is 0 Å². The van der Waals surface area contributed by atoms with Crippen LogP contribution in [0.15, 0.2) is 22.4 Å². The molecular weight excluding hydrogens is 360 g/mol. The first-order valence-electron chi connectivity index (χ1n) is 9.36. The van der Waals surface area contributed by atoms with Crippen LogP contribution in [-0.4, -0.2) is 32.8 Å². The summed E-state index contributed by atoms with van der Waals surface area (Å²) < 4.78 is 1.72. The van der Waals surface area contributed by atoms with E-state index in [-0.39, 0.29) is 5.75 Å². The molecule has 1 aliphatic carbocycles. The standard InChI is InChI=1S/C20H26N4O2S/c1-13-9-15(3)17(10-14(13)2)11-21-24-19(16-7-5-4-6-8-16)22-23-20(24)27-12-18(25)26/h9-11,16H,4-8,12H2,1-3H3,(H,25,26)/p-1/b21-11-. The van der Waals surface area contributed by atoms with Crippen LogP contribution in [0.4, 0.5) is 0 Å². The molecule has 0 saturated heterocycles. The number of carbonyl (C=O) groups is 1. The van der Waals surface area contributed by atoms with Crippen molar-refractivity contribution < 1.29 is 9.90 Å². The Morgan fingerprint density at radius 2 is 1.89 bits per heavy atom. The summed E-state index contributed by atoms with van der Waals surface area (Å²) in [6, 6.07) is 4.27. The average molecular weight is 386 g/mol. The van der Waals surface area contributed by atoms with Gasteiger partial charge in [-0.1, -0.05) is 37.1 Å². The van der Waals surface area contributed by atoms with Gasteiger partial charge in [-0.15, -0.1) is 10.2 Å². The van der Waals surface area contributed by atoms with Crippen molar-refractivity contribution in [2.24, 2.45) is 5.10 Å². The number of carboxylic acid groups (broad SMARTS) is 1. The first-order chi connectivity index (χ1) is 13.0. The quantitative estimate of drug-likeness (QED) is 0.564. The Kier molecular flexibility index (Phi) is 6.31. The minimum atomic E-state index is -1.12. The molecular formula is C20H25N4O2S-. The van der Waals surface area contributed by atoms with E-state index in [1.807, 2.05) is 6.21 Å². The Labute approximate surface area is 164 Å². The number of hydrogen-bond donors (Lipinski definition) is 0. The molecule has 1 heterocycles. The topological polar surface area (TPSA) is 83.2 Å². The molecule has 27 heavy (non-hydrogen) atoms. The van der Waals surface area contributed by atoms with E-state index in [4.69, 9.17) is 0 Å². The highest BCUT2D eigenvalue weighted by Gasteiger charge is 2.23. The van der Waals surface area contributed by atoms with Gasteiger partial charge in [-0.3, -0.25) is 0 Å². The molecule has 0 spiro atoms. The number of hydrogen-bond acceptors (Lipinski definition) is 6. The van der Waals surface area contributed by atoms with Crippen molar-refractivity contribution in [1.29, 1.82) is 0 Å². The van der Waals surface area contributed by atoms with Gasteiger partial charge in [0, 0.05) is 11.7 Å². The van der Waals surface area contributed by atoms with Crippen molar-refractivity contribution in [2.75, 3.05) is 5.75 Å². The summed E-state index contributed by atoms with van der Waals surface area (Å²) in [6.07, 6.45) is 7.57. The second-order valence-electron chi connectivity index (χ2n) is 7.19. The summed E-state index contributed by atoms with van der Waals surface area (Å²) in [5.41, 5.74) is 4.65. The lowest BCUT2D eigenvalue weighted by Crippen LogP contribution is -2.24. The van der Waals surface area contributed by atoms with Crippen LogP contribution in [0.3, 0.4) is 0 Å². The summed E-state index contributed by atoms with van der Waals surface area (Å²) in [6.45, 7) is 6.24. The summed E-state index contributed by atoms with van der Waals surface area (Å²) in [5.74, 6) is -0.140. The fourth-order valence-corrected chi connectivity index (χ4v) is 4.06. The van der Waals surface area contributed by atoms with E-state index in [2.05, 4.69) is 48.2 Å². The molecule has 0 amide bonds. The van der Waals surface area contributed by atoms with Gasteiger partial charge in [-0.2, -0.15) is 9.78 Å². The first kappa shape index (κ1) is 19.6. The number of thioether (sulfide) groups is 1. The maximum Gasteiger partial charge on any atom is 0.212 e. The van der Waals surface area contributed by atoms with Crippen molar-refractivity contribution in [1.82, 2.24) is 14.9 Å². The van der Waals surface area contributed by atoms with Crippen LogP contribution >= 0.6 is 11.8 Å². The van der Waals surface area contributed by atoms with Crippen molar-refractivity contribution in [2.45, 2.75) is 63.9 Å². The zero-order valence-electron chi connectivity index (χ0n) is 16.1. The molecule has 2 aromatic rings. The summed E-state index contributed by atoms with van der Waals surface area (Å²) in [7, 11) is 0. The van der Waals surface area contributed by atoms with E-state index in [0.717, 1.165) is 41.6 Å². The van der Waals surface area contributed by atoms with Gasteiger partial charge in [-0.05, 0) is 61.9 Å². The molecule has 7 heteroatoms. The Morgan fingerprint density at radius 1 is 1.19 bits per heavy atom. The van der Waals surface area contributed by atoms with Crippen LogP contribution in [0.2, 0.25) is 0 Å². The summed E-state index contributed by atoms with van der Waals surface area (Å²) >= 11 is 1.10. The van der Waals surface area contributed by atoms with E-state index in [9.17, 15) is 9.90 Å². The van der Waals surface area contributed by atoms with Crippen LogP contribution < -0.4 is 5.11 Å². The molecule has 1 aliphatic rings. The molecule has 0 unspecified atom stereocenters. The SMILES string of the molecule is Cc1cc(C)c(/C=N\n2c(SCC(=O)[O-])nnc2C2CCCCC2)cc1C. The molecule has 0 bridgehead atoms. The highest BCUT2D eigenvalue weighted by Crippen LogP contribution is 2.33. The number of rotatable bonds is 6. The number of aryl methyl sites for hydroxylation is 3. The third kappa shape index (κ3) is 4.77. The third-order valence-electron chi connectivity index (χ3n) is 5.12. The lowest BCUT2D eigenvalue weighted by molar-refractivity contribution is -0.301. The molecule has 0 atom stereocenters. The largest absolute Gasteiger partial charge is 0.549 e. The zero-order valence-corrected chi connectivity index (χ0v) is 16.9. The van der Waals surface area contributed by atoms with Crippen molar-refractivity contribution in [3.8, 4) is 0 Å². The fraction of sp³-hybridized carbons (Fsp3) is 0.500. The van der Waals surface area contributed by atoms with Crippen LogP contribution in [0.25, 0.3) is 0 Å². The molecule has 6 nitrogen and oxygen atoms in total. The minimum absolute atomic E-state index is 0.166. The Bertz CT molecular complexity index is 854.